The van der Waals surface area contributed by atoms with Gasteiger partial charge in [-0.05, 0) is 80.0 Å². The SMILES string of the molecule is COC(=O)C[C@@H]1N=C(c2ccc(-c3ccc(C(=O)N[C@H](C(=O)N4C[C@H](O)C[C@H]4C(=O)N[C@@H](C)c4ccc(-c5scnc5C)cc4)C(C)(C)C)c(F)c3)cc2)c2c(sc(C)c2C)-n2c(C)nnc21. The molecule has 3 aromatic carbocycles. The minimum atomic E-state index is -1.16. The van der Waals surface area contributed by atoms with Crippen molar-refractivity contribution in [2.24, 2.45) is 10.4 Å². The number of hydrogen-bond donors (Lipinski definition) is 3. The molecular weight excluding hydrogens is 892 g/mol. The highest BCUT2D eigenvalue weighted by Gasteiger charge is 2.45. The first-order valence-corrected chi connectivity index (χ1v) is 23.7. The Bertz CT molecular complexity index is 2920. The van der Waals surface area contributed by atoms with Gasteiger partial charge in [-0.3, -0.25) is 28.7 Å². The molecule has 0 spiro atoms. The number of thiophene rings is 1. The maximum absolute atomic E-state index is 16.0. The zero-order valence-corrected chi connectivity index (χ0v) is 40.4. The topological polar surface area (TPSA) is 181 Å². The van der Waals surface area contributed by atoms with E-state index in [1.54, 1.807) is 55.0 Å². The highest BCUT2D eigenvalue weighted by Crippen LogP contribution is 2.40. The van der Waals surface area contributed by atoms with Crippen molar-refractivity contribution < 1.29 is 33.4 Å². The first-order valence-electron chi connectivity index (χ1n) is 22.0. The second-order valence-corrected chi connectivity index (χ2v) is 20.3. The summed E-state index contributed by atoms with van der Waals surface area (Å²) in [4.78, 5) is 67.5. The van der Waals surface area contributed by atoms with E-state index in [0.29, 0.717) is 28.5 Å². The molecule has 1 fully saturated rings. The number of thiazole rings is 1. The zero-order valence-electron chi connectivity index (χ0n) is 38.8. The highest BCUT2D eigenvalue weighted by molar-refractivity contribution is 7.15. The Labute approximate surface area is 396 Å². The number of aryl methyl sites for hydroxylation is 3. The third kappa shape index (κ3) is 9.32. The number of nitrogens with one attached hydrogen (secondary N) is 2. The number of aliphatic hydroxyl groups is 1. The number of nitrogens with zero attached hydrogens (tertiary/aromatic N) is 6. The maximum Gasteiger partial charge on any atom is 0.308 e. The third-order valence-corrected chi connectivity index (χ3v) is 14.7. The van der Waals surface area contributed by atoms with Crippen LogP contribution in [0.15, 0.2) is 77.2 Å². The number of likely N-dealkylation sites (tertiary alicyclic amines) is 1. The number of halogens is 1. The summed E-state index contributed by atoms with van der Waals surface area (Å²) in [5, 5.41) is 26.2. The van der Waals surface area contributed by atoms with E-state index in [2.05, 4.69) is 25.8 Å². The lowest BCUT2D eigenvalue weighted by Gasteiger charge is -2.35. The van der Waals surface area contributed by atoms with Crippen LogP contribution >= 0.6 is 22.7 Å². The minimum absolute atomic E-state index is 0.0253. The van der Waals surface area contributed by atoms with E-state index in [0.717, 1.165) is 48.3 Å². The quantitative estimate of drug-likeness (QED) is 0.109. The fourth-order valence-corrected chi connectivity index (χ4v) is 10.7. The van der Waals surface area contributed by atoms with Gasteiger partial charge in [0.1, 0.15) is 34.8 Å². The first kappa shape index (κ1) is 47.1. The summed E-state index contributed by atoms with van der Waals surface area (Å²) in [6.07, 6.45) is -0.960. The molecule has 348 valence electrons. The maximum atomic E-state index is 16.0. The highest BCUT2D eigenvalue weighted by atomic mass is 32.1. The van der Waals surface area contributed by atoms with Crippen LogP contribution < -0.4 is 10.6 Å². The monoisotopic (exact) mass is 944 g/mol. The molecule has 2 aliphatic heterocycles. The molecule has 5 heterocycles. The normalized spacial score (nSPS) is 17.7. The van der Waals surface area contributed by atoms with E-state index in [1.165, 1.54) is 24.1 Å². The molecule has 0 saturated carbocycles. The Morgan fingerprint density at radius 3 is 2.24 bits per heavy atom. The number of aliphatic imine (C=N–C) groups is 1. The van der Waals surface area contributed by atoms with E-state index < -0.39 is 65.2 Å². The van der Waals surface area contributed by atoms with E-state index >= 15 is 4.39 Å². The van der Waals surface area contributed by atoms with Crippen molar-refractivity contribution in [2.75, 3.05) is 13.7 Å². The van der Waals surface area contributed by atoms with Crippen molar-refractivity contribution in [3.8, 4) is 26.6 Å². The standard InChI is InChI=1S/C50H53FN8O6S2/c1-25-28(4)67-49-41(25)42(54-38(22-40(61)65-9)45-57-56-29(5)59(45)49)32-14-12-31(13-15-32)34-18-19-36(37(51)20-34)46(62)55-44(50(6,7)8)48(64)58-23-35(60)21-39(58)47(63)53-26(2)30-10-16-33(17-11-30)43-27(3)52-24-66-43/h10-20,24,26,35,38-39,44,60H,21-23H2,1-9H3,(H,53,63)(H,55,62)/t26-,35+,38-,39-,44+/m0/s1. The van der Waals surface area contributed by atoms with Crippen LogP contribution in [0.25, 0.3) is 26.6 Å². The molecular formula is C50H53FN8O6S2. The average Bonchev–Trinajstić information content (AvgIpc) is 4.07. The fraction of sp³-hybridized carbons (Fsp3) is 0.360. The Kier molecular flexibility index (Phi) is 13.1. The van der Waals surface area contributed by atoms with Gasteiger partial charge in [0.2, 0.25) is 11.8 Å². The molecule has 6 aromatic rings. The molecule has 0 unspecified atom stereocenters. The lowest BCUT2D eigenvalue weighted by molar-refractivity contribution is -0.142. The van der Waals surface area contributed by atoms with Crippen LogP contribution in [0.2, 0.25) is 0 Å². The van der Waals surface area contributed by atoms with Gasteiger partial charge in [0.05, 0.1) is 53.0 Å². The predicted molar refractivity (Wildman–Crippen MR) is 256 cm³/mol. The summed E-state index contributed by atoms with van der Waals surface area (Å²) >= 11 is 3.16. The van der Waals surface area contributed by atoms with Crippen LogP contribution in [-0.4, -0.2) is 91.0 Å². The number of amides is 3. The van der Waals surface area contributed by atoms with Crippen molar-refractivity contribution in [3.05, 3.63) is 128 Å². The number of carbonyl (C=O) groups excluding carboxylic acids is 4. The molecule has 0 aliphatic carbocycles. The van der Waals surface area contributed by atoms with Crippen molar-refractivity contribution in [1.82, 2.24) is 35.3 Å². The molecule has 3 amide bonds. The van der Waals surface area contributed by atoms with Gasteiger partial charge < -0.3 is 25.4 Å². The Balaban J connectivity index is 0.983. The molecule has 14 nitrogen and oxygen atoms in total. The fourth-order valence-electron chi connectivity index (χ4n) is 8.69. The molecule has 8 rings (SSSR count). The third-order valence-electron chi connectivity index (χ3n) is 12.6. The van der Waals surface area contributed by atoms with Crippen molar-refractivity contribution in [2.45, 2.75) is 98.5 Å². The van der Waals surface area contributed by atoms with Crippen LogP contribution in [0.4, 0.5) is 4.39 Å². The predicted octanol–water partition coefficient (Wildman–Crippen LogP) is 7.93. The second-order valence-electron chi connectivity index (χ2n) is 18.2. The number of rotatable bonds is 11. The molecule has 17 heteroatoms. The van der Waals surface area contributed by atoms with Gasteiger partial charge in [-0.1, -0.05) is 75.4 Å². The van der Waals surface area contributed by atoms with Gasteiger partial charge in [0.15, 0.2) is 5.82 Å². The van der Waals surface area contributed by atoms with E-state index in [4.69, 9.17) is 9.73 Å². The minimum Gasteiger partial charge on any atom is -0.469 e. The Morgan fingerprint density at radius 1 is 0.925 bits per heavy atom. The number of fused-ring (bicyclic) bond motifs is 3. The molecule has 0 radical (unpaired) electrons. The molecule has 0 bridgehead atoms. The van der Waals surface area contributed by atoms with Crippen LogP contribution in [0, 0.1) is 38.9 Å². The number of β-amino-alcohol motifs (C(OH)–C–C–N with tert-alkyl or cyclic N) is 1. The Morgan fingerprint density at radius 2 is 1.60 bits per heavy atom. The average molecular weight is 945 g/mol. The lowest BCUT2D eigenvalue weighted by Crippen LogP contribution is -2.58. The second kappa shape index (κ2) is 18.7. The van der Waals surface area contributed by atoms with E-state index in [9.17, 15) is 24.3 Å². The van der Waals surface area contributed by atoms with Gasteiger partial charge in [-0.15, -0.1) is 32.9 Å². The molecule has 3 aromatic heterocycles. The van der Waals surface area contributed by atoms with Crippen molar-refractivity contribution >= 4 is 52.1 Å². The first-order chi connectivity index (χ1) is 31.8. The number of methoxy groups -OCH3 is 1. The number of esters is 1. The Hall–Kier alpha value is -6.43. The zero-order chi connectivity index (χ0) is 48.1. The lowest BCUT2D eigenvalue weighted by atomic mass is 9.85. The number of benzene rings is 3. The van der Waals surface area contributed by atoms with Gasteiger partial charge >= 0.3 is 5.97 Å². The number of aromatic nitrogens is 4. The van der Waals surface area contributed by atoms with Crippen molar-refractivity contribution in [3.63, 3.8) is 0 Å². The molecule has 1 saturated heterocycles. The molecule has 3 N–H and O–H groups in total. The summed E-state index contributed by atoms with van der Waals surface area (Å²) in [6, 6.07) is 16.4. The van der Waals surface area contributed by atoms with Gasteiger partial charge in [0.25, 0.3) is 5.91 Å². The number of hydrogen-bond acceptors (Lipinski definition) is 12. The van der Waals surface area contributed by atoms with Crippen molar-refractivity contribution in [1.29, 1.82) is 0 Å². The summed E-state index contributed by atoms with van der Waals surface area (Å²) < 4.78 is 23.0. The van der Waals surface area contributed by atoms with Crippen LogP contribution in [0.5, 0.6) is 0 Å². The molecule has 67 heavy (non-hydrogen) atoms. The number of ether oxygens (including phenoxy) is 1. The van der Waals surface area contributed by atoms with E-state index in [1.807, 2.05) is 87.7 Å². The summed E-state index contributed by atoms with van der Waals surface area (Å²) in [5.41, 5.74) is 8.12. The smallest absolute Gasteiger partial charge is 0.308 e. The number of aliphatic hydroxyl groups excluding tert-OH is 1. The van der Waals surface area contributed by atoms with E-state index in [-0.39, 0.29) is 24.9 Å². The van der Waals surface area contributed by atoms with Crippen LogP contribution in [0.3, 0.4) is 0 Å². The largest absolute Gasteiger partial charge is 0.469 e. The van der Waals surface area contributed by atoms with Crippen LogP contribution in [0.1, 0.15) is 107 Å². The molecule has 2 aliphatic rings. The number of carbonyl (C=O) groups is 4. The van der Waals surface area contributed by atoms with Gasteiger partial charge in [-0.2, -0.15) is 0 Å². The summed E-state index contributed by atoms with van der Waals surface area (Å²) in [7, 11) is 1.34. The summed E-state index contributed by atoms with van der Waals surface area (Å²) in [5.74, 6) is -1.79. The summed E-state index contributed by atoms with van der Waals surface area (Å²) in [6.45, 7) is 15.0. The van der Waals surface area contributed by atoms with Gasteiger partial charge in [0, 0.05) is 29.0 Å². The van der Waals surface area contributed by atoms with Gasteiger partial charge in [-0.25, -0.2) is 9.37 Å². The molecule has 5 atom stereocenters. The van der Waals surface area contributed by atoms with Crippen LogP contribution in [-0.2, 0) is 19.1 Å².